The number of nitrogens with one attached hydrogen (secondary N) is 1. The van der Waals surface area contributed by atoms with Gasteiger partial charge in [-0.25, -0.2) is 0 Å². The average Bonchev–Trinajstić information content (AvgIpc) is 2.88. The molecule has 2 saturated heterocycles. The molecule has 3 unspecified atom stereocenters. The first-order valence-corrected chi connectivity index (χ1v) is 9.01. The SMILES string of the molecule is CC(C)CC1NC(C(C)C)N(CC2(C)CCCS2)C1=O. The van der Waals surface area contributed by atoms with Crippen LogP contribution in [0.15, 0.2) is 0 Å². The van der Waals surface area contributed by atoms with E-state index in [1.807, 2.05) is 11.8 Å². The predicted octanol–water partition coefficient (Wildman–Crippen LogP) is 3.10. The van der Waals surface area contributed by atoms with Gasteiger partial charge in [0.15, 0.2) is 0 Å². The second kappa shape index (κ2) is 6.27. The van der Waals surface area contributed by atoms with Crippen LogP contribution in [0.3, 0.4) is 0 Å². The van der Waals surface area contributed by atoms with Gasteiger partial charge in [-0.15, -0.1) is 0 Å². The molecule has 0 bridgehead atoms. The van der Waals surface area contributed by atoms with Crippen LogP contribution in [0.1, 0.15) is 53.9 Å². The molecule has 3 atom stereocenters. The normalized spacial score (nSPS) is 34.8. The molecule has 2 aliphatic heterocycles. The van der Waals surface area contributed by atoms with Crippen molar-refractivity contribution in [1.82, 2.24) is 10.2 Å². The molecule has 3 nitrogen and oxygen atoms in total. The first-order chi connectivity index (χ1) is 9.32. The van der Waals surface area contributed by atoms with E-state index in [0.29, 0.717) is 17.7 Å². The Morgan fingerprint density at radius 3 is 2.60 bits per heavy atom. The van der Waals surface area contributed by atoms with Crippen molar-refractivity contribution in [3.8, 4) is 0 Å². The lowest BCUT2D eigenvalue weighted by molar-refractivity contribution is -0.131. The smallest absolute Gasteiger partial charge is 0.241 e. The van der Waals surface area contributed by atoms with Gasteiger partial charge in [0.1, 0.15) is 0 Å². The summed E-state index contributed by atoms with van der Waals surface area (Å²) in [6, 6.07) is 0.0254. The van der Waals surface area contributed by atoms with E-state index in [2.05, 4.69) is 44.8 Å². The van der Waals surface area contributed by atoms with E-state index in [0.717, 1.165) is 13.0 Å². The summed E-state index contributed by atoms with van der Waals surface area (Å²) < 4.78 is 0.261. The zero-order valence-corrected chi connectivity index (χ0v) is 14.4. The fourth-order valence-electron chi connectivity index (χ4n) is 3.40. The Morgan fingerprint density at radius 1 is 1.40 bits per heavy atom. The second-order valence-corrected chi connectivity index (χ2v) is 9.09. The van der Waals surface area contributed by atoms with Crippen LogP contribution in [-0.4, -0.2) is 40.1 Å². The van der Waals surface area contributed by atoms with Crippen molar-refractivity contribution in [1.29, 1.82) is 0 Å². The summed E-state index contributed by atoms with van der Waals surface area (Å²) in [5, 5.41) is 3.58. The Balaban J connectivity index is 2.09. The van der Waals surface area contributed by atoms with Gasteiger partial charge in [0.05, 0.1) is 12.2 Å². The summed E-state index contributed by atoms with van der Waals surface area (Å²) in [4.78, 5) is 14.9. The number of nitrogens with zero attached hydrogens (tertiary/aromatic N) is 1. The Morgan fingerprint density at radius 2 is 2.10 bits per heavy atom. The zero-order valence-electron chi connectivity index (χ0n) is 13.6. The minimum absolute atomic E-state index is 0.0254. The predicted molar refractivity (Wildman–Crippen MR) is 86.8 cm³/mol. The third-order valence-electron chi connectivity index (χ3n) is 4.43. The van der Waals surface area contributed by atoms with E-state index in [1.165, 1.54) is 18.6 Å². The molecular weight excluding hydrogens is 268 g/mol. The molecule has 1 N–H and O–H groups in total. The van der Waals surface area contributed by atoms with E-state index < -0.39 is 0 Å². The van der Waals surface area contributed by atoms with Gasteiger partial charge in [0.2, 0.25) is 5.91 Å². The van der Waals surface area contributed by atoms with Crippen LogP contribution >= 0.6 is 11.8 Å². The molecule has 2 rings (SSSR count). The molecule has 20 heavy (non-hydrogen) atoms. The van der Waals surface area contributed by atoms with Gasteiger partial charge in [0.25, 0.3) is 0 Å². The molecule has 0 spiro atoms. The van der Waals surface area contributed by atoms with Crippen molar-refractivity contribution in [3.63, 3.8) is 0 Å². The maximum Gasteiger partial charge on any atom is 0.241 e. The topological polar surface area (TPSA) is 32.3 Å². The highest BCUT2D eigenvalue weighted by molar-refractivity contribution is 8.00. The number of hydrogen-bond donors (Lipinski definition) is 1. The lowest BCUT2D eigenvalue weighted by Gasteiger charge is -2.34. The standard InChI is InChI=1S/C16H30N2OS/c1-11(2)9-13-15(19)18(14(17-13)12(3)4)10-16(5)7-6-8-20-16/h11-14,17H,6-10H2,1-5H3. The van der Waals surface area contributed by atoms with Crippen LogP contribution in [0.5, 0.6) is 0 Å². The monoisotopic (exact) mass is 298 g/mol. The molecule has 0 aromatic heterocycles. The first kappa shape index (κ1) is 16.2. The molecule has 0 radical (unpaired) electrons. The Labute approximate surface area is 128 Å². The largest absolute Gasteiger partial charge is 0.324 e. The van der Waals surface area contributed by atoms with Crippen LogP contribution in [0.25, 0.3) is 0 Å². The van der Waals surface area contributed by atoms with Crippen LogP contribution in [-0.2, 0) is 4.79 Å². The number of thioether (sulfide) groups is 1. The number of hydrogen-bond acceptors (Lipinski definition) is 3. The van der Waals surface area contributed by atoms with Crippen molar-refractivity contribution in [2.24, 2.45) is 11.8 Å². The van der Waals surface area contributed by atoms with Gasteiger partial charge in [-0.05, 0) is 43.8 Å². The lowest BCUT2D eigenvalue weighted by Crippen LogP contribution is -2.47. The highest BCUT2D eigenvalue weighted by atomic mass is 32.2. The molecule has 4 heteroatoms. The summed E-state index contributed by atoms with van der Waals surface area (Å²) in [7, 11) is 0. The van der Waals surface area contributed by atoms with Gasteiger partial charge < -0.3 is 4.90 Å². The summed E-state index contributed by atoms with van der Waals surface area (Å²) in [5.74, 6) is 2.59. The van der Waals surface area contributed by atoms with Gasteiger partial charge in [-0.1, -0.05) is 27.7 Å². The zero-order chi connectivity index (χ0) is 14.9. The van der Waals surface area contributed by atoms with E-state index in [9.17, 15) is 4.79 Å². The molecule has 2 heterocycles. The van der Waals surface area contributed by atoms with Crippen LogP contribution in [0.4, 0.5) is 0 Å². The molecule has 0 aromatic rings. The molecule has 1 amide bonds. The highest BCUT2D eigenvalue weighted by Gasteiger charge is 2.44. The van der Waals surface area contributed by atoms with Crippen molar-refractivity contribution >= 4 is 17.7 Å². The molecular formula is C16H30N2OS. The quantitative estimate of drug-likeness (QED) is 0.846. The summed E-state index contributed by atoms with van der Waals surface area (Å²) in [6.07, 6.45) is 3.69. The van der Waals surface area contributed by atoms with Crippen molar-refractivity contribution in [2.75, 3.05) is 12.3 Å². The van der Waals surface area contributed by atoms with Gasteiger partial charge >= 0.3 is 0 Å². The number of carbonyl (C=O) groups excluding carboxylic acids is 1. The molecule has 2 aliphatic rings. The van der Waals surface area contributed by atoms with E-state index in [-0.39, 0.29) is 17.0 Å². The van der Waals surface area contributed by atoms with E-state index in [1.54, 1.807) is 0 Å². The molecule has 0 aliphatic carbocycles. The molecule has 2 fully saturated rings. The van der Waals surface area contributed by atoms with E-state index >= 15 is 0 Å². The lowest BCUT2D eigenvalue weighted by atomic mass is 10.0. The fraction of sp³-hybridized carbons (Fsp3) is 0.938. The van der Waals surface area contributed by atoms with E-state index in [4.69, 9.17) is 0 Å². The molecule has 0 saturated carbocycles. The van der Waals surface area contributed by atoms with Crippen LogP contribution in [0.2, 0.25) is 0 Å². The average molecular weight is 298 g/mol. The minimum atomic E-state index is 0.0254. The van der Waals surface area contributed by atoms with Gasteiger partial charge in [-0.2, -0.15) is 11.8 Å². The van der Waals surface area contributed by atoms with Crippen molar-refractivity contribution in [2.45, 2.75) is 70.8 Å². The summed E-state index contributed by atoms with van der Waals surface area (Å²) >= 11 is 2.04. The van der Waals surface area contributed by atoms with Gasteiger partial charge in [-0.3, -0.25) is 10.1 Å². The summed E-state index contributed by atoms with van der Waals surface area (Å²) in [5.41, 5.74) is 0. The van der Waals surface area contributed by atoms with Crippen LogP contribution in [0, 0.1) is 11.8 Å². The highest BCUT2D eigenvalue weighted by Crippen LogP contribution is 2.39. The minimum Gasteiger partial charge on any atom is -0.324 e. The first-order valence-electron chi connectivity index (χ1n) is 8.03. The summed E-state index contributed by atoms with van der Waals surface area (Å²) in [6.45, 7) is 12.0. The fourth-order valence-corrected chi connectivity index (χ4v) is 4.70. The molecule has 0 aromatic carbocycles. The number of rotatable bonds is 5. The van der Waals surface area contributed by atoms with Crippen LogP contribution < -0.4 is 5.32 Å². The maximum atomic E-state index is 12.7. The Bertz CT molecular complexity index is 350. The van der Waals surface area contributed by atoms with Crippen molar-refractivity contribution < 1.29 is 4.79 Å². The number of carbonyl (C=O) groups is 1. The Hall–Kier alpha value is -0.220. The maximum absolute atomic E-state index is 12.7. The second-order valence-electron chi connectivity index (χ2n) is 7.41. The molecule has 116 valence electrons. The third kappa shape index (κ3) is 3.51. The third-order valence-corrected chi connectivity index (χ3v) is 5.96. The van der Waals surface area contributed by atoms with Crippen molar-refractivity contribution in [3.05, 3.63) is 0 Å². The number of amides is 1. The van der Waals surface area contributed by atoms with Gasteiger partial charge in [0, 0.05) is 11.3 Å². The Kier molecular flexibility index (Phi) is 5.06.